The molecule has 9 heteroatoms. The summed E-state index contributed by atoms with van der Waals surface area (Å²) in [5.41, 5.74) is -1.44. The van der Waals surface area contributed by atoms with Crippen molar-refractivity contribution in [3.05, 3.63) is 23.6 Å². The molecule has 0 amide bonds. The fourth-order valence-electron chi connectivity index (χ4n) is 1.65. The van der Waals surface area contributed by atoms with Crippen LogP contribution in [-0.4, -0.2) is 30.5 Å². The van der Waals surface area contributed by atoms with E-state index in [2.05, 4.69) is 9.72 Å². The second kappa shape index (κ2) is 5.66. The normalized spacial score (nSPS) is 11.5. The van der Waals surface area contributed by atoms with Crippen LogP contribution in [0.3, 0.4) is 0 Å². The summed E-state index contributed by atoms with van der Waals surface area (Å²) < 4.78 is 52.6. The van der Waals surface area contributed by atoms with Gasteiger partial charge in [0, 0.05) is 6.20 Å². The largest absolute Gasteiger partial charge is 0.479 e. The summed E-state index contributed by atoms with van der Waals surface area (Å²) in [6.45, 7) is 0.858. The number of hydrogen-bond donors (Lipinski definition) is 0. The molecule has 0 spiro atoms. The maximum absolute atomic E-state index is 12.7. The number of methoxy groups -OCH3 is 1. The molecule has 0 saturated carbocycles. The second-order valence-electron chi connectivity index (χ2n) is 4.31. The highest BCUT2D eigenvalue weighted by Gasteiger charge is 2.33. The van der Waals surface area contributed by atoms with Crippen LogP contribution in [0.5, 0.6) is 5.75 Å². The molecule has 0 N–H and O–H groups in total. The Morgan fingerprint density at radius 1 is 1.36 bits per heavy atom. The van der Waals surface area contributed by atoms with Gasteiger partial charge in [-0.1, -0.05) is 0 Å². The number of nitrogens with zero attached hydrogens (tertiary/aromatic N) is 1. The van der Waals surface area contributed by atoms with E-state index in [1.807, 2.05) is 0 Å². The number of alkyl halides is 3. The number of ether oxygens (including phenoxy) is 2. The number of ketones is 1. The standard InChI is InChI=1S/C13H10F3NO5/c1-6(18)5-21-10-9-8(22-11(10)12(19)20-2)3-7(4-17-9)13(14,15)16/h3-4H,5H2,1-2H3. The summed E-state index contributed by atoms with van der Waals surface area (Å²) in [7, 11) is 1.07. The van der Waals surface area contributed by atoms with Crippen LogP contribution in [-0.2, 0) is 15.7 Å². The van der Waals surface area contributed by atoms with Gasteiger partial charge in [0.25, 0.3) is 5.76 Å². The Kier molecular flexibility index (Phi) is 4.07. The summed E-state index contributed by atoms with van der Waals surface area (Å²) in [6, 6.07) is 0.690. The van der Waals surface area contributed by atoms with Gasteiger partial charge >= 0.3 is 12.1 Å². The lowest BCUT2D eigenvalue weighted by atomic mass is 10.2. The number of hydrogen-bond acceptors (Lipinski definition) is 6. The first-order chi connectivity index (χ1) is 10.2. The third-order valence-electron chi connectivity index (χ3n) is 2.60. The first-order valence-electron chi connectivity index (χ1n) is 5.94. The molecule has 6 nitrogen and oxygen atoms in total. The molecule has 2 aromatic rings. The maximum Gasteiger partial charge on any atom is 0.418 e. The Labute approximate surface area is 121 Å². The molecule has 0 aliphatic carbocycles. The quantitative estimate of drug-likeness (QED) is 0.807. The third kappa shape index (κ3) is 3.02. The van der Waals surface area contributed by atoms with Crippen molar-refractivity contribution in [2.45, 2.75) is 13.1 Å². The lowest BCUT2D eigenvalue weighted by molar-refractivity contribution is -0.137. The molecule has 2 heterocycles. The number of furan rings is 1. The lowest BCUT2D eigenvalue weighted by Gasteiger charge is -2.05. The van der Waals surface area contributed by atoms with E-state index < -0.39 is 23.5 Å². The number of pyridine rings is 1. The molecule has 0 radical (unpaired) electrons. The highest BCUT2D eigenvalue weighted by Crippen LogP contribution is 2.36. The van der Waals surface area contributed by atoms with E-state index in [4.69, 9.17) is 9.15 Å². The molecule has 2 rings (SSSR count). The smallest absolute Gasteiger partial charge is 0.418 e. The SMILES string of the molecule is COC(=O)c1oc2cc(C(F)(F)F)cnc2c1OCC(C)=O. The number of rotatable bonds is 4. The van der Waals surface area contributed by atoms with Crippen molar-refractivity contribution >= 4 is 22.9 Å². The highest BCUT2D eigenvalue weighted by molar-refractivity contribution is 5.97. The summed E-state index contributed by atoms with van der Waals surface area (Å²) in [5.74, 6) is -1.99. The molecule has 0 unspecified atom stereocenters. The van der Waals surface area contributed by atoms with E-state index in [1.54, 1.807) is 0 Å². The molecule has 0 saturated heterocycles. The molecule has 2 aromatic heterocycles. The second-order valence-corrected chi connectivity index (χ2v) is 4.31. The van der Waals surface area contributed by atoms with Gasteiger partial charge in [-0.15, -0.1) is 0 Å². The molecule has 0 aliphatic heterocycles. The Morgan fingerprint density at radius 2 is 2.05 bits per heavy atom. The molecule has 22 heavy (non-hydrogen) atoms. The van der Waals surface area contributed by atoms with Crippen molar-refractivity contribution in [1.29, 1.82) is 0 Å². The Hall–Kier alpha value is -2.58. The van der Waals surface area contributed by atoms with Crippen molar-refractivity contribution in [2.75, 3.05) is 13.7 Å². The molecule has 118 valence electrons. The van der Waals surface area contributed by atoms with Crippen LogP contribution in [0.2, 0.25) is 0 Å². The topological polar surface area (TPSA) is 78.6 Å². The van der Waals surface area contributed by atoms with E-state index in [1.165, 1.54) is 6.92 Å². The summed E-state index contributed by atoms with van der Waals surface area (Å²) in [4.78, 5) is 26.2. The first kappa shape index (κ1) is 15.8. The minimum absolute atomic E-state index is 0.102. The maximum atomic E-state index is 12.7. The minimum atomic E-state index is -4.61. The van der Waals surface area contributed by atoms with Crippen molar-refractivity contribution in [1.82, 2.24) is 4.98 Å². The zero-order valence-electron chi connectivity index (χ0n) is 11.5. The Bertz CT molecular complexity index is 735. The number of fused-ring (bicyclic) bond motifs is 1. The van der Waals surface area contributed by atoms with Gasteiger partial charge in [0.15, 0.2) is 22.6 Å². The van der Waals surface area contributed by atoms with Gasteiger partial charge in [-0.2, -0.15) is 13.2 Å². The Morgan fingerprint density at radius 3 is 2.59 bits per heavy atom. The molecule has 0 fully saturated rings. The number of esters is 1. The van der Waals surface area contributed by atoms with E-state index in [-0.39, 0.29) is 29.2 Å². The van der Waals surface area contributed by atoms with Crippen molar-refractivity contribution < 1.29 is 36.7 Å². The Balaban J connectivity index is 2.58. The van der Waals surface area contributed by atoms with E-state index in [0.29, 0.717) is 12.3 Å². The zero-order chi connectivity index (χ0) is 16.5. The number of halogens is 3. The third-order valence-corrected chi connectivity index (χ3v) is 2.60. The lowest BCUT2D eigenvalue weighted by Crippen LogP contribution is -2.10. The van der Waals surface area contributed by atoms with Crippen LogP contribution in [0.1, 0.15) is 23.0 Å². The molecular weight excluding hydrogens is 307 g/mol. The van der Waals surface area contributed by atoms with Gasteiger partial charge in [0.2, 0.25) is 0 Å². The van der Waals surface area contributed by atoms with Gasteiger partial charge in [0.05, 0.1) is 12.7 Å². The predicted molar refractivity (Wildman–Crippen MR) is 66.5 cm³/mol. The number of carbonyl (C=O) groups is 2. The van der Waals surface area contributed by atoms with Crippen LogP contribution in [0.4, 0.5) is 13.2 Å². The summed E-state index contributed by atoms with van der Waals surface area (Å²) in [5, 5.41) is 0. The van der Waals surface area contributed by atoms with E-state index >= 15 is 0 Å². The first-order valence-corrected chi connectivity index (χ1v) is 5.94. The monoisotopic (exact) mass is 317 g/mol. The fraction of sp³-hybridized carbons (Fsp3) is 0.308. The number of aromatic nitrogens is 1. The average Bonchev–Trinajstić information content (AvgIpc) is 2.81. The summed E-state index contributed by atoms with van der Waals surface area (Å²) in [6.07, 6.45) is -4.03. The average molecular weight is 317 g/mol. The highest BCUT2D eigenvalue weighted by atomic mass is 19.4. The van der Waals surface area contributed by atoms with Gasteiger partial charge in [-0.05, 0) is 13.0 Å². The van der Waals surface area contributed by atoms with Crippen LogP contribution in [0, 0.1) is 0 Å². The van der Waals surface area contributed by atoms with Gasteiger partial charge in [-0.3, -0.25) is 4.79 Å². The van der Waals surface area contributed by atoms with Crippen LogP contribution in [0.25, 0.3) is 11.1 Å². The molecule has 0 aliphatic rings. The van der Waals surface area contributed by atoms with Crippen molar-refractivity contribution in [3.8, 4) is 5.75 Å². The number of Topliss-reactive ketones (excluding diaryl/α,β-unsaturated/α-hetero) is 1. The molecule has 0 bridgehead atoms. The molecule has 0 aromatic carbocycles. The van der Waals surface area contributed by atoms with Crippen molar-refractivity contribution in [3.63, 3.8) is 0 Å². The number of carbonyl (C=O) groups excluding carboxylic acids is 2. The molecule has 0 atom stereocenters. The van der Waals surface area contributed by atoms with Crippen molar-refractivity contribution in [2.24, 2.45) is 0 Å². The zero-order valence-corrected chi connectivity index (χ0v) is 11.5. The van der Waals surface area contributed by atoms with Crippen LogP contribution >= 0.6 is 0 Å². The van der Waals surface area contributed by atoms with Crippen LogP contribution in [0.15, 0.2) is 16.7 Å². The predicted octanol–water partition coefficient (Wildman–Crippen LogP) is 2.60. The fourth-order valence-corrected chi connectivity index (χ4v) is 1.65. The van der Waals surface area contributed by atoms with Gasteiger partial charge < -0.3 is 13.9 Å². The van der Waals surface area contributed by atoms with Gasteiger partial charge in [-0.25, -0.2) is 9.78 Å². The van der Waals surface area contributed by atoms with E-state index in [9.17, 15) is 22.8 Å². The van der Waals surface area contributed by atoms with Crippen LogP contribution < -0.4 is 4.74 Å². The van der Waals surface area contributed by atoms with Gasteiger partial charge in [0.1, 0.15) is 6.61 Å². The minimum Gasteiger partial charge on any atom is -0.479 e. The summed E-state index contributed by atoms with van der Waals surface area (Å²) >= 11 is 0. The molecular formula is C13H10F3NO5. The van der Waals surface area contributed by atoms with E-state index in [0.717, 1.165) is 7.11 Å².